The number of aliphatic hydroxyl groups is 1. The molecule has 0 spiro atoms. The number of β-amino-alcohol motifs (C(OH)–C–C–N with tert-alkyl or cyclic N) is 1. The minimum atomic E-state index is -0.539. The number of amides is 1. The number of nitrogens with zero attached hydrogens (tertiary/aromatic N) is 5. The molecule has 0 saturated carbocycles. The molecule has 1 aromatic rings. The van der Waals surface area contributed by atoms with Crippen molar-refractivity contribution in [2.45, 2.75) is 26.0 Å². The van der Waals surface area contributed by atoms with Crippen LogP contribution in [0.1, 0.15) is 30.4 Å². The van der Waals surface area contributed by atoms with E-state index in [1.54, 1.807) is 28.9 Å². The van der Waals surface area contributed by atoms with Crippen molar-refractivity contribution in [2.75, 3.05) is 53.4 Å². The molecule has 1 unspecified atom stereocenters. The highest BCUT2D eigenvalue weighted by Crippen LogP contribution is 2.11. The largest absolute Gasteiger partial charge is 0.390 e. The number of rotatable bonds is 6. The van der Waals surface area contributed by atoms with Gasteiger partial charge in [0.05, 0.1) is 6.10 Å². The summed E-state index contributed by atoms with van der Waals surface area (Å²) in [4.78, 5) is 18.7. The van der Waals surface area contributed by atoms with Gasteiger partial charge in [-0.3, -0.25) is 14.4 Å². The molecule has 0 bridgehead atoms. The van der Waals surface area contributed by atoms with Crippen LogP contribution in [0.25, 0.3) is 0 Å². The third kappa shape index (κ3) is 4.76. The van der Waals surface area contributed by atoms with E-state index in [9.17, 15) is 9.90 Å². The molecule has 7 nitrogen and oxygen atoms in total. The van der Waals surface area contributed by atoms with E-state index < -0.39 is 6.10 Å². The summed E-state index contributed by atoms with van der Waals surface area (Å²) in [5.41, 5.74) is 0.564. The minimum absolute atomic E-state index is 0.103. The van der Waals surface area contributed by atoms with E-state index in [2.05, 4.69) is 21.9 Å². The molecule has 1 atom stereocenters. The Kier molecular flexibility index (Phi) is 6.15. The molecule has 0 radical (unpaired) electrons. The van der Waals surface area contributed by atoms with Gasteiger partial charge in [-0.2, -0.15) is 5.10 Å². The first-order valence-corrected chi connectivity index (χ1v) is 8.26. The van der Waals surface area contributed by atoms with E-state index in [0.29, 0.717) is 18.8 Å². The van der Waals surface area contributed by atoms with E-state index in [1.165, 1.54) is 0 Å². The lowest BCUT2D eigenvalue weighted by Gasteiger charge is -2.34. The van der Waals surface area contributed by atoms with E-state index in [1.807, 2.05) is 13.8 Å². The number of likely N-dealkylation sites (N-methyl/N-ethyl adjacent to an activating group) is 2. The van der Waals surface area contributed by atoms with Crippen LogP contribution in [-0.2, 0) is 0 Å². The van der Waals surface area contributed by atoms with Gasteiger partial charge in [0.15, 0.2) is 0 Å². The van der Waals surface area contributed by atoms with Crippen molar-refractivity contribution in [3.05, 3.63) is 18.0 Å². The van der Waals surface area contributed by atoms with Crippen molar-refractivity contribution < 1.29 is 9.90 Å². The zero-order chi connectivity index (χ0) is 17.0. The normalized spacial score (nSPS) is 18.3. The van der Waals surface area contributed by atoms with Gasteiger partial charge >= 0.3 is 0 Å². The maximum absolute atomic E-state index is 12.5. The van der Waals surface area contributed by atoms with Gasteiger partial charge in [-0.25, -0.2) is 0 Å². The smallest absolute Gasteiger partial charge is 0.271 e. The summed E-state index contributed by atoms with van der Waals surface area (Å²) < 4.78 is 1.71. The average Bonchev–Trinajstić information content (AvgIpc) is 2.98. The Labute approximate surface area is 138 Å². The van der Waals surface area contributed by atoms with Crippen LogP contribution in [0.15, 0.2) is 12.3 Å². The molecule has 1 aliphatic heterocycles. The highest BCUT2D eigenvalue weighted by molar-refractivity contribution is 5.92. The third-order valence-electron chi connectivity index (χ3n) is 4.27. The quantitative estimate of drug-likeness (QED) is 0.807. The third-order valence-corrected chi connectivity index (χ3v) is 4.27. The van der Waals surface area contributed by atoms with Crippen LogP contribution in [0.3, 0.4) is 0 Å². The number of carbonyl (C=O) groups excluding carboxylic acids is 1. The maximum Gasteiger partial charge on any atom is 0.271 e. The van der Waals surface area contributed by atoms with Gasteiger partial charge in [-0.1, -0.05) is 0 Å². The van der Waals surface area contributed by atoms with Gasteiger partial charge in [-0.05, 0) is 27.0 Å². The number of carbonyl (C=O) groups is 1. The predicted octanol–water partition coefficient (Wildman–Crippen LogP) is 0.144. The summed E-state index contributed by atoms with van der Waals surface area (Å²) in [6.45, 7) is 8.89. The Hall–Kier alpha value is -1.44. The van der Waals surface area contributed by atoms with Crippen LogP contribution in [0.2, 0.25) is 0 Å². The van der Waals surface area contributed by atoms with Crippen LogP contribution in [0.5, 0.6) is 0 Å². The van der Waals surface area contributed by atoms with Crippen molar-refractivity contribution in [3.63, 3.8) is 0 Å². The van der Waals surface area contributed by atoms with Gasteiger partial charge in [0.2, 0.25) is 0 Å². The van der Waals surface area contributed by atoms with Crippen LogP contribution >= 0.6 is 0 Å². The average molecular weight is 323 g/mol. The van der Waals surface area contributed by atoms with Crippen LogP contribution < -0.4 is 0 Å². The lowest BCUT2D eigenvalue weighted by atomic mass is 10.2. The Morgan fingerprint density at radius 1 is 1.35 bits per heavy atom. The highest BCUT2D eigenvalue weighted by atomic mass is 16.3. The zero-order valence-corrected chi connectivity index (χ0v) is 14.6. The van der Waals surface area contributed by atoms with E-state index >= 15 is 0 Å². The summed E-state index contributed by atoms with van der Waals surface area (Å²) in [6.07, 6.45) is 1.10. The van der Waals surface area contributed by atoms with Gasteiger partial charge < -0.3 is 14.9 Å². The fourth-order valence-electron chi connectivity index (χ4n) is 2.88. The van der Waals surface area contributed by atoms with Crippen molar-refractivity contribution in [3.8, 4) is 0 Å². The second kappa shape index (κ2) is 7.90. The van der Waals surface area contributed by atoms with Crippen LogP contribution in [0.4, 0.5) is 0 Å². The molecular weight excluding hydrogens is 294 g/mol. The second-order valence-electron chi connectivity index (χ2n) is 6.70. The Morgan fingerprint density at radius 2 is 2.00 bits per heavy atom. The molecule has 0 aromatic carbocycles. The van der Waals surface area contributed by atoms with E-state index in [0.717, 1.165) is 26.2 Å². The molecule has 0 aliphatic carbocycles. The molecule has 1 amide bonds. The molecule has 1 aliphatic rings. The molecule has 1 fully saturated rings. The van der Waals surface area contributed by atoms with Crippen LogP contribution in [-0.4, -0.2) is 95.0 Å². The zero-order valence-electron chi connectivity index (χ0n) is 14.6. The monoisotopic (exact) mass is 323 g/mol. The summed E-state index contributed by atoms with van der Waals surface area (Å²) >= 11 is 0. The summed E-state index contributed by atoms with van der Waals surface area (Å²) in [5, 5.41) is 14.5. The number of aromatic nitrogens is 2. The molecule has 1 aromatic heterocycles. The van der Waals surface area contributed by atoms with Gasteiger partial charge in [0.25, 0.3) is 5.91 Å². The van der Waals surface area contributed by atoms with Crippen molar-refractivity contribution in [2.24, 2.45) is 0 Å². The fourth-order valence-corrected chi connectivity index (χ4v) is 2.88. The fraction of sp³-hybridized carbons (Fsp3) is 0.750. The van der Waals surface area contributed by atoms with Gasteiger partial charge in [0.1, 0.15) is 5.69 Å². The lowest BCUT2D eigenvalue weighted by Crippen LogP contribution is -2.49. The number of piperazine rings is 1. The second-order valence-corrected chi connectivity index (χ2v) is 6.70. The van der Waals surface area contributed by atoms with E-state index in [4.69, 9.17) is 0 Å². The maximum atomic E-state index is 12.5. The highest BCUT2D eigenvalue weighted by Gasteiger charge is 2.22. The SMILES string of the molecule is CC(C)n1nccc1C(=O)N(C)CC(O)CN1CCN(C)CC1. The Bertz CT molecular complexity index is 508. The molecule has 2 rings (SSSR count). The molecule has 23 heavy (non-hydrogen) atoms. The Morgan fingerprint density at radius 3 is 2.61 bits per heavy atom. The molecule has 7 heteroatoms. The lowest BCUT2D eigenvalue weighted by molar-refractivity contribution is 0.0494. The van der Waals surface area contributed by atoms with Gasteiger partial charge in [0, 0.05) is 58.6 Å². The van der Waals surface area contributed by atoms with Gasteiger partial charge in [-0.15, -0.1) is 0 Å². The summed E-state index contributed by atoms with van der Waals surface area (Å²) in [6, 6.07) is 1.86. The molecule has 2 heterocycles. The molecule has 130 valence electrons. The number of hydrogen-bond donors (Lipinski definition) is 1. The topological polar surface area (TPSA) is 64.8 Å². The molecular formula is C16H29N5O2. The predicted molar refractivity (Wildman–Crippen MR) is 89.5 cm³/mol. The van der Waals surface area contributed by atoms with Crippen molar-refractivity contribution >= 4 is 5.91 Å². The number of aliphatic hydroxyl groups excluding tert-OH is 1. The van der Waals surface area contributed by atoms with Crippen LogP contribution in [0, 0.1) is 0 Å². The number of hydrogen-bond acceptors (Lipinski definition) is 5. The summed E-state index contributed by atoms with van der Waals surface area (Å²) in [5.74, 6) is -0.103. The van der Waals surface area contributed by atoms with Crippen molar-refractivity contribution in [1.82, 2.24) is 24.5 Å². The first-order valence-electron chi connectivity index (χ1n) is 8.26. The summed E-state index contributed by atoms with van der Waals surface area (Å²) in [7, 11) is 3.84. The molecule has 1 N–H and O–H groups in total. The Balaban J connectivity index is 1.86. The first-order chi connectivity index (χ1) is 10.9. The first kappa shape index (κ1) is 17.9. The minimum Gasteiger partial charge on any atom is -0.390 e. The molecule has 1 saturated heterocycles. The van der Waals surface area contributed by atoms with E-state index in [-0.39, 0.29) is 11.9 Å². The standard InChI is InChI=1S/C16H29N5O2/c1-13(2)21-15(5-6-17-21)16(23)19(4)11-14(22)12-20-9-7-18(3)8-10-20/h5-6,13-14,22H,7-12H2,1-4H3. The van der Waals surface area contributed by atoms with Crippen molar-refractivity contribution in [1.29, 1.82) is 0 Å².